The molecule has 1 aliphatic rings. The van der Waals surface area contributed by atoms with Crippen LogP contribution in [0.25, 0.3) is 0 Å². The summed E-state index contributed by atoms with van der Waals surface area (Å²) in [6.07, 6.45) is 1.03. The van der Waals surface area contributed by atoms with Crippen LogP contribution in [-0.4, -0.2) is 31.1 Å². The van der Waals surface area contributed by atoms with Gasteiger partial charge in [-0.3, -0.25) is 0 Å². The van der Waals surface area contributed by atoms with Crippen molar-refractivity contribution < 1.29 is 17.9 Å². The Balaban J connectivity index is 2.50. The molecule has 0 aromatic heterocycles. The summed E-state index contributed by atoms with van der Waals surface area (Å²) in [6, 6.07) is 4.84. The molecule has 0 heterocycles. The van der Waals surface area contributed by atoms with Crippen molar-refractivity contribution in [3.8, 4) is 5.75 Å². The highest BCUT2D eigenvalue weighted by molar-refractivity contribution is 9.11. The van der Waals surface area contributed by atoms with Gasteiger partial charge in [-0.1, -0.05) is 25.1 Å². The Labute approximate surface area is 154 Å². The van der Waals surface area contributed by atoms with Crippen LogP contribution in [0, 0.1) is 5.92 Å². The van der Waals surface area contributed by atoms with Gasteiger partial charge in [0.05, 0.1) is 16.4 Å². The van der Waals surface area contributed by atoms with Crippen molar-refractivity contribution in [1.82, 2.24) is 4.90 Å². The van der Waals surface area contributed by atoms with Crippen molar-refractivity contribution in [1.29, 1.82) is 0 Å². The molecule has 1 aromatic carbocycles. The molecule has 3 nitrogen and oxygen atoms in total. The molecule has 0 N–H and O–H groups in total. The van der Waals surface area contributed by atoms with Crippen LogP contribution < -0.4 is 4.74 Å². The molecule has 7 heteroatoms. The normalized spacial score (nSPS) is 24.1. The number of benzene rings is 1. The number of aliphatic imine (C=N–C) groups is 1. The molecule has 0 saturated carbocycles. The largest absolute Gasteiger partial charge is 0.461 e. The van der Waals surface area contributed by atoms with Crippen molar-refractivity contribution in [3.05, 3.63) is 52.0 Å². The fraction of sp³-hybridized carbons (Fsp3) is 0.389. The average Bonchev–Trinajstić information content (AvgIpc) is 2.53. The van der Waals surface area contributed by atoms with Gasteiger partial charge in [0.25, 0.3) is 0 Å². The summed E-state index contributed by atoms with van der Waals surface area (Å²) in [4.78, 5) is 6.30. The molecule has 0 saturated heterocycles. The molecule has 0 spiro atoms. The minimum atomic E-state index is -4.43. The summed E-state index contributed by atoms with van der Waals surface area (Å²) in [5.74, 6) is -0.0750. The van der Waals surface area contributed by atoms with E-state index in [2.05, 4.69) is 20.9 Å². The molecule has 2 rings (SSSR count). The molecule has 0 amide bonds. The molecule has 0 aliphatic heterocycles. The molecule has 2 unspecified atom stereocenters. The fourth-order valence-corrected chi connectivity index (χ4v) is 3.11. The van der Waals surface area contributed by atoms with E-state index in [-0.39, 0.29) is 11.7 Å². The molecule has 1 aliphatic carbocycles. The lowest BCUT2D eigenvalue weighted by Gasteiger charge is -2.37. The standard InChI is InChI=1S/C18H20BrF3N2O/c1-12-8-9-13(2)17(16(12)19,23-11-24(3)4)25-15-7-5-6-14(10-15)18(20,21)22/h5-11,13H,1-4H3. The van der Waals surface area contributed by atoms with E-state index >= 15 is 0 Å². The summed E-state index contributed by atoms with van der Waals surface area (Å²) in [7, 11) is 3.63. The molecule has 2 atom stereocenters. The quantitative estimate of drug-likeness (QED) is 0.494. The highest BCUT2D eigenvalue weighted by Gasteiger charge is 2.43. The number of halogens is 4. The number of hydrogen-bond acceptors (Lipinski definition) is 2. The van der Waals surface area contributed by atoms with Gasteiger partial charge in [0.1, 0.15) is 5.75 Å². The van der Waals surface area contributed by atoms with E-state index in [1.807, 2.05) is 40.1 Å². The Morgan fingerprint density at radius 3 is 2.60 bits per heavy atom. The Morgan fingerprint density at radius 2 is 2.00 bits per heavy atom. The van der Waals surface area contributed by atoms with E-state index in [1.165, 1.54) is 12.1 Å². The topological polar surface area (TPSA) is 24.8 Å². The van der Waals surface area contributed by atoms with Crippen LogP contribution in [0.1, 0.15) is 19.4 Å². The number of nitrogens with zero attached hydrogens (tertiary/aromatic N) is 2. The Bertz CT molecular complexity index is 725. The first kappa shape index (κ1) is 19.6. The zero-order valence-corrected chi connectivity index (χ0v) is 16.0. The predicted octanol–water partition coefficient (Wildman–Crippen LogP) is 5.25. The second kappa shape index (κ2) is 7.23. The number of ether oxygens (including phenoxy) is 1. The van der Waals surface area contributed by atoms with Gasteiger partial charge in [-0.15, -0.1) is 0 Å². The minimum Gasteiger partial charge on any atom is -0.461 e. The van der Waals surface area contributed by atoms with Crippen LogP contribution in [-0.2, 0) is 6.18 Å². The van der Waals surface area contributed by atoms with Crippen LogP contribution in [0.15, 0.2) is 51.5 Å². The number of allylic oxidation sites excluding steroid dienone is 2. The molecule has 0 bridgehead atoms. The maximum Gasteiger partial charge on any atom is 0.416 e. The Hall–Kier alpha value is -1.76. The van der Waals surface area contributed by atoms with Gasteiger partial charge in [-0.05, 0) is 46.6 Å². The first-order valence-electron chi connectivity index (χ1n) is 7.69. The third-order valence-electron chi connectivity index (χ3n) is 3.83. The smallest absolute Gasteiger partial charge is 0.416 e. The van der Waals surface area contributed by atoms with Crippen LogP contribution >= 0.6 is 15.9 Å². The van der Waals surface area contributed by atoms with E-state index in [0.29, 0.717) is 4.48 Å². The first-order valence-corrected chi connectivity index (χ1v) is 8.48. The molecule has 25 heavy (non-hydrogen) atoms. The predicted molar refractivity (Wildman–Crippen MR) is 96.9 cm³/mol. The lowest BCUT2D eigenvalue weighted by Crippen LogP contribution is -2.43. The van der Waals surface area contributed by atoms with Gasteiger partial charge in [-0.25, -0.2) is 4.99 Å². The second-order valence-electron chi connectivity index (χ2n) is 6.18. The zero-order valence-electron chi connectivity index (χ0n) is 14.4. The third kappa shape index (κ3) is 4.26. The molecule has 0 fully saturated rings. The highest BCUT2D eigenvalue weighted by Crippen LogP contribution is 2.43. The van der Waals surface area contributed by atoms with Crippen molar-refractivity contribution >= 4 is 22.3 Å². The van der Waals surface area contributed by atoms with E-state index in [9.17, 15) is 13.2 Å². The van der Waals surface area contributed by atoms with Crippen LogP contribution in [0.5, 0.6) is 5.75 Å². The van der Waals surface area contributed by atoms with E-state index < -0.39 is 17.5 Å². The molecule has 1 aromatic rings. The lowest BCUT2D eigenvalue weighted by molar-refractivity contribution is -0.137. The summed E-state index contributed by atoms with van der Waals surface area (Å²) in [6.45, 7) is 3.80. The van der Waals surface area contributed by atoms with Gasteiger partial charge in [0.2, 0.25) is 5.72 Å². The number of rotatable bonds is 4. The van der Waals surface area contributed by atoms with Crippen LogP contribution in [0.3, 0.4) is 0 Å². The van der Waals surface area contributed by atoms with Gasteiger partial charge in [0.15, 0.2) is 0 Å². The Morgan fingerprint density at radius 1 is 1.32 bits per heavy atom. The van der Waals surface area contributed by atoms with Crippen molar-refractivity contribution in [2.75, 3.05) is 14.1 Å². The van der Waals surface area contributed by atoms with E-state index in [1.54, 1.807) is 11.2 Å². The molecule has 136 valence electrons. The fourth-order valence-electron chi connectivity index (χ4n) is 2.43. The van der Waals surface area contributed by atoms with Gasteiger partial charge in [0, 0.05) is 20.0 Å². The average molecular weight is 417 g/mol. The molecular weight excluding hydrogens is 397 g/mol. The van der Waals surface area contributed by atoms with Crippen LogP contribution in [0.4, 0.5) is 13.2 Å². The van der Waals surface area contributed by atoms with Crippen molar-refractivity contribution in [3.63, 3.8) is 0 Å². The van der Waals surface area contributed by atoms with Crippen molar-refractivity contribution in [2.45, 2.75) is 25.7 Å². The van der Waals surface area contributed by atoms with Crippen LogP contribution in [0.2, 0.25) is 0 Å². The number of alkyl halides is 3. The summed E-state index contributed by atoms with van der Waals surface area (Å²) in [5.41, 5.74) is -1.01. The maximum absolute atomic E-state index is 13.0. The molecule has 0 radical (unpaired) electrons. The number of hydrogen-bond donors (Lipinski definition) is 0. The summed E-state index contributed by atoms with van der Waals surface area (Å²) >= 11 is 3.53. The summed E-state index contributed by atoms with van der Waals surface area (Å²) < 4.78 is 45.7. The minimum absolute atomic E-state index is 0.109. The third-order valence-corrected chi connectivity index (χ3v) is 5.02. The van der Waals surface area contributed by atoms with E-state index in [4.69, 9.17) is 4.74 Å². The van der Waals surface area contributed by atoms with Gasteiger partial charge < -0.3 is 9.64 Å². The lowest BCUT2D eigenvalue weighted by atomic mass is 9.90. The molecular formula is C18H20BrF3N2O. The van der Waals surface area contributed by atoms with Gasteiger partial charge >= 0.3 is 6.18 Å². The summed E-state index contributed by atoms with van der Waals surface area (Å²) in [5, 5.41) is 0. The van der Waals surface area contributed by atoms with Gasteiger partial charge in [-0.2, -0.15) is 13.2 Å². The maximum atomic E-state index is 13.0. The highest BCUT2D eigenvalue weighted by atomic mass is 79.9. The second-order valence-corrected chi connectivity index (χ2v) is 6.97. The zero-order chi connectivity index (χ0) is 18.8. The monoisotopic (exact) mass is 416 g/mol. The Kier molecular flexibility index (Phi) is 5.66. The van der Waals surface area contributed by atoms with Crippen molar-refractivity contribution in [2.24, 2.45) is 10.9 Å². The first-order chi connectivity index (χ1) is 11.6. The SMILES string of the molecule is CC1=C(Br)C(N=CN(C)C)(Oc2cccc(C(F)(F)F)c2)C(C)C=C1. The van der Waals surface area contributed by atoms with E-state index in [0.717, 1.165) is 17.7 Å².